The van der Waals surface area contributed by atoms with E-state index in [2.05, 4.69) is 20.8 Å². The van der Waals surface area contributed by atoms with Gasteiger partial charge in [-0.25, -0.2) is 12.7 Å². The van der Waals surface area contributed by atoms with Gasteiger partial charge in [0.25, 0.3) is 0 Å². The van der Waals surface area contributed by atoms with E-state index in [1.807, 2.05) is 0 Å². The van der Waals surface area contributed by atoms with Crippen LogP contribution in [0.1, 0.15) is 40.5 Å². The van der Waals surface area contributed by atoms with E-state index < -0.39 is 21.9 Å². The minimum Gasteiger partial charge on any atom is -0.481 e. The Bertz CT molecular complexity index is 424. The van der Waals surface area contributed by atoms with Crippen molar-refractivity contribution in [2.75, 3.05) is 18.8 Å². The van der Waals surface area contributed by atoms with Gasteiger partial charge in [-0.1, -0.05) is 27.7 Å². The Morgan fingerprint density at radius 1 is 1.32 bits per heavy atom. The van der Waals surface area contributed by atoms with E-state index >= 15 is 0 Å². The quantitative estimate of drug-likeness (QED) is 0.838. The number of rotatable bonds is 5. The fourth-order valence-corrected chi connectivity index (χ4v) is 4.00. The molecular formula is C13H25NO4S. The molecule has 0 aromatic heterocycles. The zero-order valence-electron chi connectivity index (χ0n) is 12.2. The Balaban J connectivity index is 2.58. The number of sulfonamides is 1. The van der Waals surface area contributed by atoms with Gasteiger partial charge < -0.3 is 5.11 Å². The summed E-state index contributed by atoms with van der Waals surface area (Å²) in [4.78, 5) is 11.0. The SMILES string of the molecule is C[C@@H]1CN(S(=O)(=O)CCCC(C)(C)C)C[C@H]1C(=O)O. The van der Waals surface area contributed by atoms with Crippen molar-refractivity contribution in [3.8, 4) is 0 Å². The molecule has 0 bridgehead atoms. The number of hydrogen-bond acceptors (Lipinski definition) is 3. The summed E-state index contributed by atoms with van der Waals surface area (Å²) < 4.78 is 25.7. The van der Waals surface area contributed by atoms with Crippen LogP contribution in [0.5, 0.6) is 0 Å². The zero-order chi connectivity index (χ0) is 14.8. The van der Waals surface area contributed by atoms with Crippen LogP contribution in [0.15, 0.2) is 0 Å². The highest BCUT2D eigenvalue weighted by molar-refractivity contribution is 7.89. The summed E-state index contributed by atoms with van der Waals surface area (Å²) in [5.74, 6) is -1.48. The zero-order valence-corrected chi connectivity index (χ0v) is 13.0. The van der Waals surface area contributed by atoms with Gasteiger partial charge in [-0.2, -0.15) is 0 Å². The van der Waals surface area contributed by atoms with Crippen LogP contribution >= 0.6 is 0 Å². The number of carboxylic acid groups (broad SMARTS) is 1. The predicted molar refractivity (Wildman–Crippen MR) is 74.3 cm³/mol. The molecule has 1 heterocycles. The molecule has 1 fully saturated rings. The Morgan fingerprint density at radius 3 is 2.32 bits per heavy atom. The van der Waals surface area contributed by atoms with Crippen molar-refractivity contribution in [1.29, 1.82) is 0 Å². The first-order valence-electron chi connectivity index (χ1n) is 6.73. The van der Waals surface area contributed by atoms with Gasteiger partial charge in [-0.3, -0.25) is 4.79 Å². The van der Waals surface area contributed by atoms with E-state index in [4.69, 9.17) is 5.11 Å². The molecule has 0 amide bonds. The van der Waals surface area contributed by atoms with Gasteiger partial charge in [-0.05, 0) is 24.2 Å². The van der Waals surface area contributed by atoms with Crippen LogP contribution in [-0.2, 0) is 14.8 Å². The largest absolute Gasteiger partial charge is 0.481 e. The summed E-state index contributed by atoms with van der Waals surface area (Å²) in [6.07, 6.45) is 1.46. The summed E-state index contributed by atoms with van der Waals surface area (Å²) in [7, 11) is -3.31. The van der Waals surface area contributed by atoms with Crippen LogP contribution in [0.4, 0.5) is 0 Å². The van der Waals surface area contributed by atoms with Crippen LogP contribution in [-0.4, -0.2) is 42.6 Å². The summed E-state index contributed by atoms with van der Waals surface area (Å²) in [5.41, 5.74) is 0.122. The minimum absolute atomic E-state index is 0.114. The molecule has 19 heavy (non-hydrogen) atoms. The fourth-order valence-electron chi connectivity index (χ4n) is 2.38. The third kappa shape index (κ3) is 4.76. The normalized spacial score (nSPS) is 25.7. The van der Waals surface area contributed by atoms with E-state index in [0.717, 1.165) is 6.42 Å². The Morgan fingerprint density at radius 2 is 1.89 bits per heavy atom. The molecule has 0 aliphatic carbocycles. The number of nitrogens with zero attached hydrogens (tertiary/aromatic N) is 1. The highest BCUT2D eigenvalue weighted by Gasteiger charge is 2.39. The molecule has 0 unspecified atom stereocenters. The predicted octanol–water partition coefficient (Wildman–Crippen LogP) is 1.79. The van der Waals surface area contributed by atoms with Gasteiger partial charge >= 0.3 is 5.97 Å². The molecule has 0 aromatic rings. The van der Waals surface area contributed by atoms with E-state index in [1.54, 1.807) is 6.92 Å². The Kier molecular flexibility index (Phi) is 5.01. The topological polar surface area (TPSA) is 74.7 Å². The molecule has 1 saturated heterocycles. The van der Waals surface area contributed by atoms with Crippen molar-refractivity contribution < 1.29 is 18.3 Å². The average molecular weight is 291 g/mol. The monoisotopic (exact) mass is 291 g/mol. The molecule has 1 aliphatic rings. The second kappa shape index (κ2) is 5.79. The molecule has 1 aliphatic heterocycles. The summed E-state index contributed by atoms with van der Waals surface area (Å²) >= 11 is 0. The van der Waals surface area contributed by atoms with E-state index in [0.29, 0.717) is 13.0 Å². The maximum Gasteiger partial charge on any atom is 0.308 e. The second-order valence-electron chi connectivity index (χ2n) is 6.72. The molecule has 0 spiro atoms. The van der Waals surface area contributed by atoms with Crippen molar-refractivity contribution in [2.24, 2.45) is 17.3 Å². The second-order valence-corrected chi connectivity index (χ2v) is 8.81. The van der Waals surface area contributed by atoms with Gasteiger partial charge in [0.15, 0.2) is 0 Å². The number of aliphatic carboxylic acids is 1. The van der Waals surface area contributed by atoms with Crippen LogP contribution in [0.2, 0.25) is 0 Å². The third-order valence-corrected chi connectivity index (χ3v) is 5.51. The molecule has 1 rings (SSSR count). The maximum atomic E-state index is 12.2. The first kappa shape index (κ1) is 16.4. The molecule has 0 saturated carbocycles. The molecule has 5 nitrogen and oxygen atoms in total. The van der Waals surface area contributed by atoms with Crippen LogP contribution < -0.4 is 0 Å². The fraction of sp³-hybridized carbons (Fsp3) is 0.923. The standard InChI is InChI=1S/C13H25NO4S/c1-10-8-14(9-11(10)12(15)16)19(17,18)7-5-6-13(2,3)4/h10-11H,5-9H2,1-4H3,(H,15,16)/t10-,11-/m1/s1. The lowest BCUT2D eigenvalue weighted by molar-refractivity contribution is -0.142. The molecule has 2 atom stereocenters. The molecule has 112 valence electrons. The van der Waals surface area contributed by atoms with Crippen molar-refractivity contribution >= 4 is 16.0 Å². The van der Waals surface area contributed by atoms with E-state index in [-0.39, 0.29) is 23.6 Å². The van der Waals surface area contributed by atoms with Crippen molar-refractivity contribution in [3.63, 3.8) is 0 Å². The first-order chi connectivity index (χ1) is 8.53. The maximum absolute atomic E-state index is 12.2. The molecular weight excluding hydrogens is 266 g/mol. The minimum atomic E-state index is -3.31. The van der Waals surface area contributed by atoms with Gasteiger partial charge in [0.2, 0.25) is 10.0 Å². The Hall–Kier alpha value is -0.620. The molecule has 0 aromatic carbocycles. The van der Waals surface area contributed by atoms with Gasteiger partial charge in [-0.15, -0.1) is 0 Å². The lowest BCUT2D eigenvalue weighted by atomic mass is 9.91. The third-order valence-electron chi connectivity index (χ3n) is 3.62. The van der Waals surface area contributed by atoms with Gasteiger partial charge in [0, 0.05) is 13.1 Å². The molecule has 6 heteroatoms. The number of carboxylic acids is 1. The van der Waals surface area contributed by atoms with Crippen molar-refractivity contribution in [2.45, 2.75) is 40.5 Å². The molecule has 1 N–H and O–H groups in total. The Labute approximate surface area is 116 Å². The average Bonchev–Trinajstić information content (AvgIpc) is 2.58. The van der Waals surface area contributed by atoms with Crippen LogP contribution in [0, 0.1) is 17.3 Å². The summed E-state index contributed by atoms with van der Waals surface area (Å²) in [6, 6.07) is 0. The van der Waals surface area contributed by atoms with Crippen molar-refractivity contribution in [3.05, 3.63) is 0 Å². The lowest BCUT2D eigenvalue weighted by Gasteiger charge is -2.20. The first-order valence-corrected chi connectivity index (χ1v) is 8.34. The number of carbonyl (C=O) groups is 1. The molecule has 0 radical (unpaired) electrons. The summed E-state index contributed by atoms with van der Waals surface area (Å²) in [5, 5.41) is 9.03. The smallest absolute Gasteiger partial charge is 0.308 e. The van der Waals surface area contributed by atoms with Gasteiger partial charge in [0.05, 0.1) is 11.7 Å². The van der Waals surface area contributed by atoms with E-state index in [9.17, 15) is 13.2 Å². The highest BCUT2D eigenvalue weighted by Crippen LogP contribution is 2.27. The van der Waals surface area contributed by atoms with Crippen LogP contribution in [0.25, 0.3) is 0 Å². The highest BCUT2D eigenvalue weighted by atomic mass is 32.2. The van der Waals surface area contributed by atoms with E-state index in [1.165, 1.54) is 4.31 Å². The van der Waals surface area contributed by atoms with Crippen molar-refractivity contribution in [1.82, 2.24) is 4.31 Å². The lowest BCUT2D eigenvalue weighted by Crippen LogP contribution is -2.32. The van der Waals surface area contributed by atoms with Crippen LogP contribution in [0.3, 0.4) is 0 Å². The summed E-state index contributed by atoms with van der Waals surface area (Å²) in [6.45, 7) is 8.49. The van der Waals surface area contributed by atoms with Gasteiger partial charge in [0.1, 0.15) is 0 Å². The number of hydrogen-bond donors (Lipinski definition) is 1.